The Bertz CT molecular complexity index is 1410. The van der Waals surface area contributed by atoms with E-state index in [-0.39, 0.29) is 11.6 Å². The molecule has 1 aromatic heterocycles. The van der Waals surface area contributed by atoms with Crippen LogP contribution in [0.15, 0.2) is 22.7 Å². The number of hydrazine groups is 1. The van der Waals surface area contributed by atoms with E-state index < -0.39 is 66.2 Å². The number of rotatable bonds is 10. The number of esters is 4. The van der Waals surface area contributed by atoms with Crippen LogP contribution in [0.2, 0.25) is 0 Å². The normalized spacial score (nSPS) is 21.2. The first kappa shape index (κ1) is 32.9. The highest BCUT2D eigenvalue weighted by Gasteiger charge is 2.54. The molecule has 1 saturated heterocycles. The molecule has 0 bridgehead atoms. The number of anilines is 1. The van der Waals surface area contributed by atoms with Crippen molar-refractivity contribution < 1.29 is 56.9 Å². The number of thiocarbonyl (C=S) groups is 1. The van der Waals surface area contributed by atoms with Crippen molar-refractivity contribution in [3.63, 3.8) is 0 Å². The number of nitrogens with one attached hydrogen (secondary N) is 1. The number of aryl methyl sites for hydroxylation is 2. The second-order valence-electron chi connectivity index (χ2n) is 9.52. The third-order valence-electron chi connectivity index (χ3n) is 6.05. The van der Waals surface area contributed by atoms with Gasteiger partial charge in [-0.05, 0) is 36.8 Å². The smallest absolute Gasteiger partial charge is 0.345 e. The molecule has 1 aliphatic heterocycles. The highest BCUT2D eigenvalue weighted by atomic mass is 32.1. The molecule has 0 saturated carbocycles. The zero-order valence-corrected chi connectivity index (χ0v) is 25.0. The first-order chi connectivity index (χ1) is 20.2. The Hall–Kier alpha value is -4.64. The number of ether oxygens (including phenoxy) is 5. The molecule has 0 unspecified atom stereocenters. The second kappa shape index (κ2) is 14.0. The molecule has 2 aromatic rings. The Morgan fingerprint density at radius 1 is 1.02 bits per heavy atom. The fraction of sp³-hybridized carbons (Fsp3) is 0.462. The quantitative estimate of drug-likeness (QED) is 0.0915. The first-order valence-electron chi connectivity index (χ1n) is 12.8. The number of nitrogens with zero attached hydrogens (tertiary/aromatic N) is 3. The van der Waals surface area contributed by atoms with E-state index in [4.69, 9.17) is 46.2 Å². The minimum Gasteiger partial charge on any atom is -0.463 e. The lowest BCUT2D eigenvalue weighted by atomic mass is 9.97. The van der Waals surface area contributed by atoms with Gasteiger partial charge in [-0.25, -0.2) is 5.01 Å². The molecule has 3 rings (SSSR count). The zero-order chi connectivity index (χ0) is 32.0. The van der Waals surface area contributed by atoms with Crippen LogP contribution in [0.5, 0.6) is 0 Å². The van der Waals surface area contributed by atoms with Crippen molar-refractivity contribution in [2.75, 3.05) is 12.0 Å². The van der Waals surface area contributed by atoms with E-state index in [0.29, 0.717) is 12.0 Å². The molecule has 43 heavy (non-hydrogen) atoms. The Labute approximate surface area is 251 Å². The Kier molecular flexibility index (Phi) is 10.7. The number of carbonyl (C=O) groups is 5. The lowest BCUT2D eigenvalue weighted by Crippen LogP contribution is -2.68. The zero-order valence-electron chi connectivity index (χ0n) is 24.2. The molecule has 1 aromatic carbocycles. The third kappa shape index (κ3) is 8.01. The summed E-state index contributed by atoms with van der Waals surface area (Å²) in [5.41, 5.74) is 11.0. The van der Waals surface area contributed by atoms with Gasteiger partial charge in [0.1, 0.15) is 12.7 Å². The van der Waals surface area contributed by atoms with Gasteiger partial charge in [-0.15, -0.1) is 0 Å². The van der Waals surface area contributed by atoms with Crippen LogP contribution >= 0.6 is 12.2 Å². The standard InChI is InChI=1S/C26H31N5O11S/c1-12-7-8-18(13(2)9-12)30-19(10-32)24(42-29-30)28-31(26(27)43)25-23(40-17(6)36)22(39-16(5)35)21(38-15(4)34)20(41-25)11-37-14(3)33/h7-10,20-23,25H,11H2,1-6H3,(H2-,27,28,29,32,43)/p+1/t20-,21+,22+,23-,25-/m1/s1. The minimum atomic E-state index is -1.54. The van der Waals surface area contributed by atoms with E-state index in [1.54, 1.807) is 6.07 Å². The second-order valence-corrected chi connectivity index (χ2v) is 9.94. The molecule has 0 amide bonds. The number of hydrogen-bond acceptors (Lipinski definition) is 14. The molecule has 0 aliphatic carbocycles. The largest absolute Gasteiger partial charge is 0.463 e. The molecule has 16 nitrogen and oxygen atoms in total. The number of carbonyl (C=O) groups excluding carboxylic acids is 5. The van der Waals surface area contributed by atoms with Gasteiger partial charge < -0.3 is 29.4 Å². The molecule has 17 heteroatoms. The summed E-state index contributed by atoms with van der Waals surface area (Å²) in [7, 11) is 0. The van der Waals surface area contributed by atoms with E-state index in [0.717, 1.165) is 43.8 Å². The van der Waals surface area contributed by atoms with Crippen LogP contribution in [0.1, 0.15) is 49.3 Å². The average molecular weight is 623 g/mol. The van der Waals surface area contributed by atoms with Crippen molar-refractivity contribution in [2.24, 2.45) is 5.73 Å². The van der Waals surface area contributed by atoms with Gasteiger partial charge in [0.2, 0.25) is 17.2 Å². The lowest BCUT2D eigenvalue weighted by molar-refractivity contribution is -0.671. The molecular weight excluding hydrogens is 590 g/mol. The Morgan fingerprint density at radius 2 is 1.63 bits per heavy atom. The van der Waals surface area contributed by atoms with Crippen LogP contribution < -0.4 is 15.8 Å². The Balaban J connectivity index is 2.11. The van der Waals surface area contributed by atoms with E-state index >= 15 is 0 Å². The topological polar surface area (TPSA) is 203 Å². The number of aldehydes is 1. The third-order valence-corrected chi connectivity index (χ3v) is 6.24. The predicted octanol–water partition coefficient (Wildman–Crippen LogP) is 0.336. The molecule has 0 spiro atoms. The van der Waals surface area contributed by atoms with Gasteiger partial charge in [0.05, 0.1) is 0 Å². The van der Waals surface area contributed by atoms with Crippen LogP contribution in [0.3, 0.4) is 0 Å². The van der Waals surface area contributed by atoms with Gasteiger partial charge in [0.15, 0.2) is 29.7 Å². The van der Waals surface area contributed by atoms with Gasteiger partial charge in [0.25, 0.3) is 0 Å². The highest BCUT2D eigenvalue weighted by molar-refractivity contribution is 7.80. The maximum absolute atomic E-state index is 12.2. The van der Waals surface area contributed by atoms with Crippen LogP contribution in [-0.2, 0) is 42.9 Å². The van der Waals surface area contributed by atoms with Gasteiger partial charge in [0, 0.05) is 39.3 Å². The van der Waals surface area contributed by atoms with E-state index in [1.807, 2.05) is 26.0 Å². The molecule has 232 valence electrons. The summed E-state index contributed by atoms with van der Waals surface area (Å²) < 4.78 is 34.1. The molecule has 3 N–H and O–H groups in total. The monoisotopic (exact) mass is 622 g/mol. The number of benzene rings is 1. The molecule has 0 radical (unpaired) electrons. The maximum atomic E-state index is 12.2. The van der Waals surface area contributed by atoms with Crippen LogP contribution in [0, 0.1) is 13.8 Å². The van der Waals surface area contributed by atoms with Crippen molar-refractivity contribution in [3.8, 4) is 5.69 Å². The van der Waals surface area contributed by atoms with Crippen molar-refractivity contribution in [1.29, 1.82) is 0 Å². The summed E-state index contributed by atoms with van der Waals surface area (Å²) >= 11 is 5.23. The van der Waals surface area contributed by atoms with E-state index in [9.17, 15) is 24.0 Å². The summed E-state index contributed by atoms with van der Waals surface area (Å²) in [6, 6.07) is 5.46. The molecule has 1 fully saturated rings. The van der Waals surface area contributed by atoms with Crippen molar-refractivity contribution in [2.45, 2.75) is 72.2 Å². The predicted molar refractivity (Wildman–Crippen MR) is 147 cm³/mol. The van der Waals surface area contributed by atoms with E-state index in [1.165, 1.54) is 4.68 Å². The number of aromatic nitrogens is 2. The molecule has 5 atom stereocenters. The van der Waals surface area contributed by atoms with Gasteiger partial charge in [-0.1, -0.05) is 11.6 Å². The fourth-order valence-corrected chi connectivity index (χ4v) is 4.58. The van der Waals surface area contributed by atoms with Crippen LogP contribution in [0.4, 0.5) is 5.88 Å². The first-order valence-corrected chi connectivity index (χ1v) is 13.2. The van der Waals surface area contributed by atoms with E-state index in [2.05, 4.69) is 10.7 Å². The summed E-state index contributed by atoms with van der Waals surface area (Å²) in [6.45, 7) is 7.66. The van der Waals surface area contributed by atoms with Crippen molar-refractivity contribution in [3.05, 3.63) is 35.0 Å². The van der Waals surface area contributed by atoms with Crippen molar-refractivity contribution >= 4 is 53.4 Å². The SMILES string of the molecule is CC(=O)OC[C@H]1O[C@@H](N(Nc2on[n+](-c3ccc(C)cc3C)c2C=O)C(N)=S)[C@H](OC(C)=O)[C@@H](OC(C)=O)[C@H]1OC(C)=O. The number of nitrogens with two attached hydrogens (primary N) is 1. The molecular formula is C26H32N5O11S+. The summed E-state index contributed by atoms with van der Waals surface area (Å²) in [5, 5.41) is 4.51. The van der Waals surface area contributed by atoms with Crippen LogP contribution in [-0.4, -0.2) is 82.8 Å². The van der Waals surface area contributed by atoms with Gasteiger partial charge >= 0.3 is 35.5 Å². The maximum Gasteiger partial charge on any atom is 0.345 e. The van der Waals surface area contributed by atoms with Crippen molar-refractivity contribution in [1.82, 2.24) is 10.3 Å². The van der Waals surface area contributed by atoms with Gasteiger partial charge in [-0.2, -0.15) is 0 Å². The van der Waals surface area contributed by atoms with Crippen LogP contribution in [0.25, 0.3) is 5.69 Å². The molecule has 2 heterocycles. The molecule has 1 aliphatic rings. The Morgan fingerprint density at radius 3 is 2.16 bits per heavy atom. The number of hydrogen-bond donors (Lipinski definition) is 2. The average Bonchev–Trinajstić information content (AvgIpc) is 3.30. The summed E-state index contributed by atoms with van der Waals surface area (Å²) in [6.07, 6.45) is -6.78. The fourth-order valence-electron chi connectivity index (χ4n) is 4.43. The summed E-state index contributed by atoms with van der Waals surface area (Å²) in [5.74, 6) is -3.38. The summed E-state index contributed by atoms with van der Waals surface area (Å²) in [4.78, 5) is 60.2. The minimum absolute atomic E-state index is 0.0844. The van der Waals surface area contributed by atoms with Gasteiger partial charge in [-0.3, -0.25) is 33.9 Å². The highest BCUT2D eigenvalue weighted by Crippen LogP contribution is 2.31. The lowest BCUT2D eigenvalue weighted by Gasteiger charge is -2.47.